The van der Waals surface area contributed by atoms with Gasteiger partial charge in [-0.1, -0.05) is 43.5 Å². The van der Waals surface area contributed by atoms with E-state index in [9.17, 15) is 18.8 Å². The lowest BCUT2D eigenvalue weighted by molar-refractivity contribution is -0.129. The van der Waals surface area contributed by atoms with Crippen LogP contribution in [0, 0.1) is 5.82 Å². The van der Waals surface area contributed by atoms with Crippen LogP contribution in [0.15, 0.2) is 53.4 Å². The summed E-state index contributed by atoms with van der Waals surface area (Å²) in [5, 5.41) is 2.63. The molecule has 2 aromatic rings. The molecule has 1 fully saturated rings. The Morgan fingerprint density at radius 2 is 1.76 bits per heavy atom. The Labute approximate surface area is 197 Å². The van der Waals surface area contributed by atoms with E-state index < -0.39 is 18.5 Å². The van der Waals surface area contributed by atoms with Crippen molar-refractivity contribution in [3.63, 3.8) is 0 Å². The quantitative estimate of drug-likeness (QED) is 0.438. The summed E-state index contributed by atoms with van der Waals surface area (Å²) < 4.78 is 18.1. The van der Waals surface area contributed by atoms with Crippen LogP contribution < -0.4 is 5.32 Å². The maximum Gasteiger partial charge on any atom is 0.339 e. The summed E-state index contributed by atoms with van der Waals surface area (Å²) in [4.78, 5) is 39.7. The highest BCUT2D eigenvalue weighted by atomic mass is 32.2. The first kappa shape index (κ1) is 24.8. The Morgan fingerprint density at radius 3 is 2.48 bits per heavy atom. The van der Waals surface area contributed by atoms with E-state index in [1.54, 1.807) is 36.4 Å². The zero-order valence-corrected chi connectivity index (χ0v) is 19.5. The maximum atomic E-state index is 12.9. The Hall–Kier alpha value is -2.87. The van der Waals surface area contributed by atoms with Crippen molar-refractivity contribution in [2.24, 2.45) is 0 Å². The Kier molecular flexibility index (Phi) is 9.30. The standard InChI is InChI=1S/C25H29FN2O4S/c1-28(20-7-3-2-4-8-20)24(30)17-33-22-10-6-5-9-21(22)25(31)32-16-23(29)27-15-18-11-13-19(26)14-12-18/h5-6,9-14,20H,2-4,7-8,15-17H2,1H3,(H,27,29). The molecule has 1 saturated carbocycles. The van der Waals surface area contributed by atoms with Crippen LogP contribution in [0.5, 0.6) is 0 Å². The smallest absolute Gasteiger partial charge is 0.339 e. The molecule has 3 rings (SSSR count). The SMILES string of the molecule is CN(C(=O)CSc1ccccc1C(=O)OCC(=O)NCc1ccc(F)cc1)C1CCCCC1. The molecule has 1 aliphatic rings. The van der Waals surface area contributed by atoms with E-state index in [4.69, 9.17) is 4.74 Å². The highest BCUT2D eigenvalue weighted by Crippen LogP contribution is 2.26. The van der Waals surface area contributed by atoms with E-state index in [0.29, 0.717) is 16.5 Å². The molecule has 0 unspecified atom stereocenters. The second-order valence-corrected chi connectivity index (χ2v) is 9.08. The van der Waals surface area contributed by atoms with E-state index in [1.165, 1.54) is 30.3 Å². The summed E-state index contributed by atoms with van der Waals surface area (Å²) in [5.74, 6) is -1.16. The molecule has 0 radical (unpaired) electrons. The Bertz CT molecular complexity index is 961. The lowest BCUT2D eigenvalue weighted by Crippen LogP contribution is -2.39. The number of ether oxygens (including phenoxy) is 1. The number of hydrogen-bond donors (Lipinski definition) is 1. The topological polar surface area (TPSA) is 75.7 Å². The van der Waals surface area contributed by atoms with Crippen molar-refractivity contribution in [3.8, 4) is 0 Å². The minimum Gasteiger partial charge on any atom is -0.452 e. The summed E-state index contributed by atoms with van der Waals surface area (Å²) in [7, 11) is 1.85. The maximum absolute atomic E-state index is 12.9. The minimum absolute atomic E-state index is 0.0373. The number of halogens is 1. The number of esters is 1. The van der Waals surface area contributed by atoms with Gasteiger partial charge in [-0.15, -0.1) is 11.8 Å². The van der Waals surface area contributed by atoms with Gasteiger partial charge >= 0.3 is 5.97 Å². The van der Waals surface area contributed by atoms with E-state index in [-0.39, 0.29) is 24.0 Å². The van der Waals surface area contributed by atoms with Crippen LogP contribution in [0.3, 0.4) is 0 Å². The summed E-state index contributed by atoms with van der Waals surface area (Å²) in [6, 6.07) is 13.0. The molecule has 1 N–H and O–H groups in total. The number of thioether (sulfide) groups is 1. The highest BCUT2D eigenvalue weighted by molar-refractivity contribution is 8.00. The monoisotopic (exact) mass is 472 g/mol. The van der Waals surface area contributed by atoms with Crippen molar-refractivity contribution in [2.75, 3.05) is 19.4 Å². The van der Waals surface area contributed by atoms with Crippen LogP contribution in [0.4, 0.5) is 4.39 Å². The zero-order valence-electron chi connectivity index (χ0n) is 18.7. The number of amides is 2. The van der Waals surface area contributed by atoms with Crippen molar-refractivity contribution in [1.82, 2.24) is 10.2 Å². The molecule has 0 saturated heterocycles. The normalized spacial score (nSPS) is 13.9. The molecular formula is C25H29FN2O4S. The molecule has 0 atom stereocenters. The van der Waals surface area contributed by atoms with Crippen molar-refractivity contribution in [3.05, 3.63) is 65.5 Å². The van der Waals surface area contributed by atoms with Gasteiger partial charge in [-0.2, -0.15) is 0 Å². The number of nitrogens with one attached hydrogen (secondary N) is 1. The predicted molar refractivity (Wildman–Crippen MR) is 125 cm³/mol. The molecule has 1 aliphatic carbocycles. The molecule has 0 heterocycles. The van der Waals surface area contributed by atoms with Crippen LogP contribution in [-0.4, -0.2) is 48.1 Å². The van der Waals surface area contributed by atoms with Crippen LogP contribution in [0.1, 0.15) is 48.0 Å². The number of nitrogens with zero attached hydrogens (tertiary/aromatic N) is 1. The van der Waals surface area contributed by atoms with Gasteiger partial charge in [-0.25, -0.2) is 9.18 Å². The van der Waals surface area contributed by atoms with Gasteiger partial charge in [0, 0.05) is 24.5 Å². The minimum atomic E-state index is -0.622. The molecule has 0 bridgehead atoms. The molecule has 0 spiro atoms. The average molecular weight is 473 g/mol. The lowest BCUT2D eigenvalue weighted by Gasteiger charge is -2.31. The number of carbonyl (C=O) groups is 3. The third-order valence-electron chi connectivity index (χ3n) is 5.71. The molecule has 33 heavy (non-hydrogen) atoms. The number of rotatable bonds is 9. The number of carbonyl (C=O) groups excluding carboxylic acids is 3. The van der Waals surface area contributed by atoms with Gasteiger partial charge in [-0.3, -0.25) is 9.59 Å². The molecule has 0 aliphatic heterocycles. The van der Waals surface area contributed by atoms with E-state index in [2.05, 4.69) is 5.32 Å². The molecule has 2 amide bonds. The molecular weight excluding hydrogens is 443 g/mol. The van der Waals surface area contributed by atoms with Crippen LogP contribution >= 0.6 is 11.8 Å². The van der Waals surface area contributed by atoms with Gasteiger partial charge in [0.2, 0.25) is 5.91 Å². The third kappa shape index (κ3) is 7.60. The van der Waals surface area contributed by atoms with Crippen LogP contribution in [0.2, 0.25) is 0 Å². The summed E-state index contributed by atoms with van der Waals surface area (Å²) >= 11 is 1.30. The van der Waals surface area contributed by atoms with Gasteiger partial charge < -0.3 is 15.0 Å². The van der Waals surface area contributed by atoms with Crippen molar-refractivity contribution < 1.29 is 23.5 Å². The Balaban J connectivity index is 1.48. The van der Waals surface area contributed by atoms with E-state index in [0.717, 1.165) is 31.2 Å². The van der Waals surface area contributed by atoms with Crippen LogP contribution in [0.25, 0.3) is 0 Å². The Morgan fingerprint density at radius 1 is 1.06 bits per heavy atom. The first-order chi connectivity index (χ1) is 15.9. The fourth-order valence-electron chi connectivity index (χ4n) is 3.74. The van der Waals surface area contributed by atoms with Crippen molar-refractivity contribution in [1.29, 1.82) is 0 Å². The average Bonchev–Trinajstić information content (AvgIpc) is 2.85. The fourth-order valence-corrected chi connectivity index (χ4v) is 4.70. The third-order valence-corrected chi connectivity index (χ3v) is 6.77. The summed E-state index contributed by atoms with van der Waals surface area (Å²) in [6.45, 7) is -0.220. The predicted octanol–water partition coefficient (Wildman–Crippen LogP) is 4.18. The van der Waals surface area contributed by atoms with Gasteiger partial charge in [0.05, 0.1) is 11.3 Å². The lowest BCUT2D eigenvalue weighted by atomic mass is 9.94. The summed E-state index contributed by atoms with van der Waals surface area (Å²) in [5.41, 5.74) is 1.06. The molecule has 0 aromatic heterocycles. The fraction of sp³-hybridized carbons (Fsp3) is 0.400. The van der Waals surface area contributed by atoms with Crippen molar-refractivity contribution >= 4 is 29.5 Å². The zero-order chi connectivity index (χ0) is 23.6. The molecule has 8 heteroatoms. The number of benzene rings is 2. The second kappa shape index (κ2) is 12.4. The molecule has 6 nitrogen and oxygen atoms in total. The van der Waals surface area contributed by atoms with Crippen molar-refractivity contribution in [2.45, 2.75) is 49.6 Å². The van der Waals surface area contributed by atoms with Gasteiger partial charge in [0.25, 0.3) is 5.91 Å². The number of hydrogen-bond acceptors (Lipinski definition) is 5. The molecule has 176 valence electrons. The first-order valence-corrected chi connectivity index (χ1v) is 12.1. The van der Waals surface area contributed by atoms with Gasteiger partial charge in [-0.05, 0) is 42.7 Å². The van der Waals surface area contributed by atoms with E-state index >= 15 is 0 Å². The van der Waals surface area contributed by atoms with Crippen LogP contribution in [-0.2, 0) is 20.9 Å². The first-order valence-electron chi connectivity index (χ1n) is 11.1. The van der Waals surface area contributed by atoms with E-state index in [1.807, 2.05) is 11.9 Å². The highest BCUT2D eigenvalue weighted by Gasteiger charge is 2.23. The van der Waals surface area contributed by atoms with Gasteiger partial charge in [0.15, 0.2) is 6.61 Å². The summed E-state index contributed by atoms with van der Waals surface area (Å²) in [6.07, 6.45) is 5.62. The largest absolute Gasteiger partial charge is 0.452 e. The van der Waals surface area contributed by atoms with Gasteiger partial charge in [0.1, 0.15) is 5.82 Å². The molecule has 2 aromatic carbocycles. The second-order valence-electron chi connectivity index (χ2n) is 8.06.